The molecule has 2 heterocycles. The third-order valence-electron chi connectivity index (χ3n) is 8.11. The van der Waals surface area contributed by atoms with Crippen LogP contribution < -0.4 is 10.6 Å². The Kier molecular flexibility index (Phi) is 9.05. The summed E-state index contributed by atoms with van der Waals surface area (Å²) in [6, 6.07) is 30.3. The molecular formula is C37H43N7. The standard InChI is InChI=1S/C37H43N7/c1-43(2)21-5-19-38-31-14-9-26(10-15-31)34-25-30-8-7-28(23-35(30)40-34)29-13-18-33-36(24-29)42-37(41-33)27-11-16-32(17-12-27)39-20-6-22-44(3)4/h7-18,23-24,38-39H,5-6,19-22,25H2,1-4H3,(H,41,42). The Bertz CT molecular complexity index is 1730. The van der Waals surface area contributed by atoms with Gasteiger partial charge in [0.2, 0.25) is 0 Å². The third-order valence-corrected chi connectivity index (χ3v) is 8.11. The first-order chi connectivity index (χ1) is 21.4. The first-order valence-electron chi connectivity index (χ1n) is 15.6. The van der Waals surface area contributed by atoms with Crippen LogP contribution in [-0.4, -0.2) is 79.8 Å². The summed E-state index contributed by atoms with van der Waals surface area (Å²) in [6.07, 6.45) is 3.09. The number of aromatic amines is 1. The lowest BCUT2D eigenvalue weighted by molar-refractivity contribution is 0.405. The number of hydrogen-bond donors (Lipinski definition) is 3. The highest BCUT2D eigenvalue weighted by atomic mass is 15.1. The fourth-order valence-electron chi connectivity index (χ4n) is 5.64. The topological polar surface area (TPSA) is 71.6 Å². The van der Waals surface area contributed by atoms with Crippen molar-refractivity contribution in [3.05, 3.63) is 96.1 Å². The van der Waals surface area contributed by atoms with E-state index in [1.165, 1.54) is 11.1 Å². The lowest BCUT2D eigenvalue weighted by atomic mass is 10.00. The first-order valence-corrected chi connectivity index (χ1v) is 15.6. The van der Waals surface area contributed by atoms with Crippen LogP contribution in [0.15, 0.2) is 89.9 Å². The summed E-state index contributed by atoms with van der Waals surface area (Å²) in [5, 5.41) is 7.02. The van der Waals surface area contributed by atoms with Crippen molar-refractivity contribution in [2.75, 3.05) is 65.0 Å². The maximum Gasteiger partial charge on any atom is 0.138 e. The molecule has 0 unspecified atom stereocenters. The summed E-state index contributed by atoms with van der Waals surface area (Å²) in [7, 11) is 8.43. The second-order valence-electron chi connectivity index (χ2n) is 12.2. The molecule has 0 amide bonds. The summed E-state index contributed by atoms with van der Waals surface area (Å²) in [5.74, 6) is 0.884. The molecule has 0 aliphatic carbocycles. The van der Waals surface area contributed by atoms with Gasteiger partial charge in [-0.25, -0.2) is 4.98 Å². The fraction of sp³-hybridized carbons (Fsp3) is 0.297. The van der Waals surface area contributed by atoms with Crippen molar-refractivity contribution in [3.63, 3.8) is 0 Å². The van der Waals surface area contributed by atoms with Crippen molar-refractivity contribution in [2.24, 2.45) is 4.99 Å². The number of anilines is 2. The molecule has 0 fully saturated rings. The van der Waals surface area contributed by atoms with Gasteiger partial charge in [-0.2, -0.15) is 0 Å². The van der Waals surface area contributed by atoms with Gasteiger partial charge in [-0.3, -0.25) is 4.99 Å². The minimum Gasteiger partial charge on any atom is -0.385 e. The van der Waals surface area contributed by atoms with E-state index in [9.17, 15) is 0 Å². The average molecular weight is 586 g/mol. The molecular weight excluding hydrogens is 542 g/mol. The van der Waals surface area contributed by atoms with E-state index in [0.29, 0.717) is 0 Å². The van der Waals surface area contributed by atoms with E-state index in [2.05, 4.69) is 139 Å². The lowest BCUT2D eigenvalue weighted by Crippen LogP contribution is -2.16. The number of rotatable bonds is 13. The number of imidazole rings is 1. The van der Waals surface area contributed by atoms with E-state index in [1.54, 1.807) is 0 Å². The highest BCUT2D eigenvalue weighted by Crippen LogP contribution is 2.34. The number of fused-ring (bicyclic) bond motifs is 2. The molecule has 6 rings (SSSR count). The normalized spacial score (nSPS) is 12.6. The largest absolute Gasteiger partial charge is 0.385 e. The van der Waals surface area contributed by atoms with Gasteiger partial charge in [0, 0.05) is 36.4 Å². The van der Waals surface area contributed by atoms with Gasteiger partial charge in [0.15, 0.2) is 0 Å². The molecule has 0 radical (unpaired) electrons. The molecule has 226 valence electrons. The Balaban J connectivity index is 1.12. The number of hydrogen-bond acceptors (Lipinski definition) is 6. The van der Waals surface area contributed by atoms with Gasteiger partial charge in [0.05, 0.1) is 22.4 Å². The Morgan fingerprint density at radius 2 is 1.23 bits per heavy atom. The number of H-pyrrole nitrogens is 1. The average Bonchev–Trinajstić information content (AvgIpc) is 3.66. The highest BCUT2D eigenvalue weighted by Gasteiger charge is 2.17. The van der Waals surface area contributed by atoms with Crippen molar-refractivity contribution in [1.29, 1.82) is 0 Å². The van der Waals surface area contributed by atoms with Crippen molar-refractivity contribution in [1.82, 2.24) is 19.8 Å². The van der Waals surface area contributed by atoms with E-state index >= 15 is 0 Å². The smallest absolute Gasteiger partial charge is 0.138 e. The van der Waals surface area contributed by atoms with Crippen LogP contribution in [0.4, 0.5) is 17.1 Å². The third kappa shape index (κ3) is 7.18. The molecule has 3 N–H and O–H groups in total. The van der Waals surface area contributed by atoms with Gasteiger partial charge < -0.3 is 25.4 Å². The fourth-order valence-corrected chi connectivity index (χ4v) is 5.64. The molecule has 0 bridgehead atoms. The molecule has 0 saturated heterocycles. The molecule has 44 heavy (non-hydrogen) atoms. The van der Waals surface area contributed by atoms with E-state index < -0.39 is 0 Å². The Labute approximate surface area is 261 Å². The molecule has 4 aromatic carbocycles. The van der Waals surface area contributed by atoms with Gasteiger partial charge in [0.1, 0.15) is 5.82 Å². The summed E-state index contributed by atoms with van der Waals surface area (Å²) in [6.45, 7) is 4.10. The van der Waals surface area contributed by atoms with Crippen LogP contribution in [0.2, 0.25) is 0 Å². The molecule has 1 aliphatic rings. The maximum atomic E-state index is 5.04. The molecule has 0 saturated carbocycles. The zero-order valence-corrected chi connectivity index (χ0v) is 26.3. The summed E-state index contributed by atoms with van der Waals surface area (Å²) in [4.78, 5) is 17.9. The molecule has 1 aliphatic heterocycles. The van der Waals surface area contributed by atoms with Crippen LogP contribution in [-0.2, 0) is 6.42 Å². The SMILES string of the molecule is CN(C)CCCNc1ccc(C2=Nc3cc(-c4ccc5nc(-c6ccc(NCCCN(C)C)cc6)[nH]c5c4)ccc3C2)cc1. The minimum absolute atomic E-state index is 0.860. The van der Waals surface area contributed by atoms with Crippen LogP contribution in [0.25, 0.3) is 33.5 Å². The predicted octanol–water partition coefficient (Wildman–Crippen LogP) is 7.30. The highest BCUT2D eigenvalue weighted by molar-refractivity contribution is 6.07. The molecule has 5 aromatic rings. The van der Waals surface area contributed by atoms with Crippen LogP contribution in [0.5, 0.6) is 0 Å². The van der Waals surface area contributed by atoms with E-state index in [1.807, 2.05) is 0 Å². The van der Waals surface area contributed by atoms with E-state index in [0.717, 1.165) is 102 Å². The van der Waals surface area contributed by atoms with Gasteiger partial charge in [-0.05, 0) is 131 Å². The zero-order chi connectivity index (χ0) is 30.5. The molecule has 7 nitrogen and oxygen atoms in total. The zero-order valence-electron chi connectivity index (χ0n) is 26.3. The van der Waals surface area contributed by atoms with Gasteiger partial charge in [-0.15, -0.1) is 0 Å². The van der Waals surface area contributed by atoms with E-state index in [-0.39, 0.29) is 0 Å². The van der Waals surface area contributed by atoms with Crippen LogP contribution in [0.3, 0.4) is 0 Å². The van der Waals surface area contributed by atoms with Crippen LogP contribution >= 0.6 is 0 Å². The van der Waals surface area contributed by atoms with Crippen molar-refractivity contribution in [3.8, 4) is 22.5 Å². The van der Waals surface area contributed by atoms with Gasteiger partial charge in [-0.1, -0.05) is 30.3 Å². The number of aromatic nitrogens is 2. The Morgan fingerprint density at radius 1 is 0.659 bits per heavy atom. The Hall–Kier alpha value is -4.46. The summed E-state index contributed by atoms with van der Waals surface area (Å²) >= 11 is 0. The monoisotopic (exact) mass is 585 g/mol. The molecule has 7 heteroatoms. The minimum atomic E-state index is 0.860. The lowest BCUT2D eigenvalue weighted by Gasteiger charge is -2.11. The van der Waals surface area contributed by atoms with Crippen LogP contribution in [0.1, 0.15) is 24.0 Å². The number of nitrogens with one attached hydrogen (secondary N) is 3. The van der Waals surface area contributed by atoms with Gasteiger partial charge in [0.25, 0.3) is 0 Å². The quantitative estimate of drug-likeness (QED) is 0.127. The molecule has 1 aromatic heterocycles. The summed E-state index contributed by atoms with van der Waals surface area (Å²) < 4.78 is 0. The summed E-state index contributed by atoms with van der Waals surface area (Å²) in [5.41, 5.74) is 12.3. The predicted molar refractivity (Wildman–Crippen MR) is 187 cm³/mol. The second kappa shape index (κ2) is 13.5. The molecule has 0 atom stereocenters. The number of benzene rings is 4. The second-order valence-corrected chi connectivity index (χ2v) is 12.2. The maximum absolute atomic E-state index is 5.04. The van der Waals surface area contributed by atoms with E-state index in [4.69, 9.17) is 9.98 Å². The van der Waals surface area contributed by atoms with Crippen molar-refractivity contribution < 1.29 is 0 Å². The van der Waals surface area contributed by atoms with Crippen molar-refractivity contribution >= 4 is 33.8 Å². The van der Waals surface area contributed by atoms with Crippen molar-refractivity contribution in [2.45, 2.75) is 19.3 Å². The molecule has 0 spiro atoms. The van der Waals surface area contributed by atoms with Gasteiger partial charge >= 0.3 is 0 Å². The number of nitrogens with zero attached hydrogens (tertiary/aromatic N) is 4. The Morgan fingerprint density at radius 3 is 1.86 bits per heavy atom. The first kappa shape index (κ1) is 29.6. The van der Waals surface area contributed by atoms with Crippen LogP contribution in [0, 0.1) is 0 Å². The number of aliphatic imine (C=N–C) groups is 1.